The highest BCUT2D eigenvalue weighted by Crippen LogP contribution is 2.47. The maximum Gasteiger partial charge on any atom is 0.185 e. The normalized spacial score (nSPS) is 18.6. The maximum atomic E-state index is 12.4. The highest BCUT2D eigenvalue weighted by atomic mass is 31.1. The lowest BCUT2D eigenvalue weighted by Crippen LogP contribution is -2.12. The van der Waals surface area contributed by atoms with Crippen LogP contribution >= 0.6 is 8.20 Å². The van der Waals surface area contributed by atoms with E-state index in [1.165, 1.54) is 28.9 Å². The first-order chi connectivity index (χ1) is 8.62. The topological polar surface area (TPSA) is 17.1 Å². The summed E-state index contributed by atoms with van der Waals surface area (Å²) in [4.78, 5) is 13.7. The molecule has 0 N–H and O–H groups in total. The summed E-state index contributed by atoms with van der Waals surface area (Å²) in [7, 11) is 0.978. The Morgan fingerprint density at radius 1 is 0.947 bits per heavy atom. The Morgan fingerprint density at radius 3 is 1.74 bits per heavy atom. The lowest BCUT2D eigenvalue weighted by Gasteiger charge is -2.18. The molecule has 1 aromatic rings. The second kappa shape index (κ2) is 4.85. The van der Waals surface area contributed by atoms with Crippen molar-refractivity contribution in [1.82, 2.24) is 0 Å². The number of hydrogen-bond acceptors (Lipinski definition) is 1. The molecule has 1 saturated carbocycles. The van der Waals surface area contributed by atoms with Crippen molar-refractivity contribution < 1.29 is 4.79 Å². The summed E-state index contributed by atoms with van der Waals surface area (Å²) >= 11 is 0. The molecule has 0 spiro atoms. The van der Waals surface area contributed by atoms with Crippen molar-refractivity contribution in [3.8, 4) is 0 Å². The lowest BCUT2D eigenvalue weighted by atomic mass is 9.86. The molecular weight excluding hydrogens is 251 g/mol. The number of rotatable bonds is 2. The largest absolute Gasteiger partial charge is 0.289 e. The predicted molar refractivity (Wildman–Crippen MR) is 83.3 cm³/mol. The van der Waals surface area contributed by atoms with E-state index in [0.29, 0.717) is 11.4 Å². The second-order valence-electron chi connectivity index (χ2n) is 8.03. The third-order valence-corrected chi connectivity index (χ3v) is 5.34. The van der Waals surface area contributed by atoms with Gasteiger partial charge in [0.2, 0.25) is 0 Å². The standard InChI is InChI=1S/C17H27OP/c1-16(2,3)12-13(17(4,5)6)14(12)19-15(18)11-9-7-8-10-11/h11H,7-10H2,1-6H3. The molecule has 2 rings (SSSR count). The molecule has 2 heteroatoms. The van der Waals surface area contributed by atoms with Gasteiger partial charge in [0.25, 0.3) is 0 Å². The van der Waals surface area contributed by atoms with Crippen LogP contribution in [0.3, 0.4) is 0 Å². The highest BCUT2D eigenvalue weighted by molar-refractivity contribution is 7.50. The third-order valence-electron chi connectivity index (χ3n) is 4.09. The molecule has 0 bridgehead atoms. The van der Waals surface area contributed by atoms with Gasteiger partial charge in [-0.3, -0.25) is 4.79 Å². The number of carbonyl (C=O) groups is 1. The number of carbonyl (C=O) groups excluding carboxylic acids is 1. The van der Waals surface area contributed by atoms with Crippen LogP contribution in [0, 0.1) is 10.9 Å². The smallest absolute Gasteiger partial charge is 0.185 e. The van der Waals surface area contributed by atoms with Crippen LogP contribution in [-0.4, -0.2) is 5.52 Å². The summed E-state index contributed by atoms with van der Waals surface area (Å²) in [6.07, 6.45) is 4.73. The molecule has 0 amide bonds. The molecule has 1 fully saturated rings. The van der Waals surface area contributed by atoms with Gasteiger partial charge in [0.1, 0.15) is 0 Å². The Kier molecular flexibility index (Phi) is 3.82. The monoisotopic (exact) mass is 278 g/mol. The molecule has 1 aliphatic rings. The summed E-state index contributed by atoms with van der Waals surface area (Å²) in [5, 5.41) is 0. The average Bonchev–Trinajstić information content (AvgIpc) is 2.73. The lowest BCUT2D eigenvalue weighted by molar-refractivity contribution is -0.114. The minimum absolute atomic E-state index is 0.181. The Morgan fingerprint density at radius 2 is 1.37 bits per heavy atom. The van der Waals surface area contributed by atoms with Crippen molar-refractivity contribution in [3.05, 3.63) is 16.1 Å². The van der Waals surface area contributed by atoms with Crippen LogP contribution in [0.15, 0.2) is 0 Å². The van der Waals surface area contributed by atoms with Crippen LogP contribution in [-0.2, 0) is 15.6 Å². The first-order valence-electron chi connectivity index (χ1n) is 7.51. The van der Waals surface area contributed by atoms with Crippen molar-refractivity contribution >= 4 is 13.7 Å². The van der Waals surface area contributed by atoms with Gasteiger partial charge in [0.15, 0.2) is 5.52 Å². The fourth-order valence-electron chi connectivity index (χ4n) is 3.12. The first-order valence-corrected chi connectivity index (χ1v) is 8.40. The van der Waals surface area contributed by atoms with Crippen LogP contribution in [0.1, 0.15) is 78.4 Å². The highest BCUT2D eigenvalue weighted by Gasteiger charge is 2.36. The van der Waals surface area contributed by atoms with Crippen molar-refractivity contribution in [2.24, 2.45) is 5.92 Å². The molecule has 0 atom stereocenters. The molecule has 0 aromatic heterocycles. The summed E-state index contributed by atoms with van der Waals surface area (Å²) in [6, 6.07) is 0. The molecular formula is C17H27OP. The summed E-state index contributed by atoms with van der Waals surface area (Å²) in [5.74, 6) is 0.345. The van der Waals surface area contributed by atoms with Crippen LogP contribution in [0.5, 0.6) is 0 Å². The molecule has 106 valence electrons. The van der Waals surface area contributed by atoms with Gasteiger partial charge in [-0.05, 0) is 43.0 Å². The number of hydrogen-bond donors (Lipinski definition) is 0. The van der Waals surface area contributed by atoms with Crippen molar-refractivity contribution in [2.75, 3.05) is 0 Å². The van der Waals surface area contributed by atoms with Crippen LogP contribution in [0.4, 0.5) is 0 Å². The fraction of sp³-hybridized carbons (Fsp3) is 0.765. The Labute approximate surface area is 119 Å². The van der Waals surface area contributed by atoms with Gasteiger partial charge >= 0.3 is 0 Å². The molecule has 0 heterocycles. The minimum Gasteiger partial charge on any atom is -0.289 e. The van der Waals surface area contributed by atoms with Crippen molar-refractivity contribution in [2.45, 2.75) is 78.1 Å². The summed E-state index contributed by atoms with van der Waals surface area (Å²) < 4.78 is 0. The Hall–Kier alpha value is -0.420. The van der Waals surface area contributed by atoms with Crippen LogP contribution in [0.2, 0.25) is 0 Å². The van der Waals surface area contributed by atoms with E-state index in [2.05, 4.69) is 41.5 Å². The summed E-state index contributed by atoms with van der Waals surface area (Å²) in [5.41, 5.74) is 3.76. The van der Waals surface area contributed by atoms with Gasteiger partial charge in [-0.15, -0.1) is 0 Å². The van der Waals surface area contributed by atoms with Crippen molar-refractivity contribution in [3.63, 3.8) is 0 Å². The van der Waals surface area contributed by atoms with E-state index in [0.717, 1.165) is 21.0 Å². The molecule has 0 aliphatic heterocycles. The zero-order chi connectivity index (χ0) is 14.4. The van der Waals surface area contributed by atoms with E-state index in [4.69, 9.17) is 0 Å². The van der Waals surface area contributed by atoms with Gasteiger partial charge in [0.05, 0.1) is 0 Å². The quantitative estimate of drug-likeness (QED) is 0.666. The van der Waals surface area contributed by atoms with Crippen molar-refractivity contribution in [1.29, 1.82) is 0 Å². The molecule has 19 heavy (non-hydrogen) atoms. The molecule has 0 unspecified atom stereocenters. The summed E-state index contributed by atoms with van der Waals surface area (Å²) in [6.45, 7) is 13.6. The molecule has 0 radical (unpaired) electrons. The third kappa shape index (κ3) is 3.19. The second-order valence-corrected chi connectivity index (χ2v) is 9.14. The minimum atomic E-state index is 0.181. The molecule has 1 aliphatic carbocycles. The first kappa shape index (κ1) is 15.0. The van der Waals surface area contributed by atoms with E-state index in [-0.39, 0.29) is 10.8 Å². The fourth-order valence-corrected chi connectivity index (χ4v) is 4.85. The van der Waals surface area contributed by atoms with E-state index in [1.807, 2.05) is 0 Å². The maximum absolute atomic E-state index is 12.4. The van der Waals surface area contributed by atoms with Gasteiger partial charge in [0, 0.05) is 10.9 Å². The Balaban J connectivity index is 2.31. The van der Waals surface area contributed by atoms with Gasteiger partial charge in [-0.1, -0.05) is 54.4 Å². The van der Waals surface area contributed by atoms with E-state index in [9.17, 15) is 4.79 Å². The SMILES string of the molecule is CC(C)(C)c1c(C(C)(C)C)c1=PC(=O)C1CCCC1. The van der Waals surface area contributed by atoms with Gasteiger partial charge in [-0.25, -0.2) is 0 Å². The molecule has 1 aromatic carbocycles. The molecule has 1 nitrogen and oxygen atoms in total. The molecule has 0 saturated heterocycles. The van der Waals surface area contributed by atoms with E-state index in [1.54, 1.807) is 0 Å². The van der Waals surface area contributed by atoms with Crippen LogP contribution in [0.25, 0.3) is 0 Å². The average molecular weight is 278 g/mol. The predicted octanol–water partition coefficient (Wildman–Crippen LogP) is 5.35. The zero-order valence-corrected chi connectivity index (χ0v) is 14.2. The van der Waals surface area contributed by atoms with E-state index < -0.39 is 0 Å². The Bertz CT molecular complexity index is 466. The van der Waals surface area contributed by atoms with Gasteiger partial charge < -0.3 is 0 Å². The van der Waals surface area contributed by atoms with Crippen LogP contribution < -0.4 is 0 Å². The van der Waals surface area contributed by atoms with Gasteiger partial charge in [-0.2, -0.15) is 0 Å². The van der Waals surface area contributed by atoms with E-state index >= 15 is 0 Å². The zero-order valence-electron chi connectivity index (χ0n) is 13.3.